The van der Waals surface area contributed by atoms with Gasteiger partial charge >= 0.3 is 0 Å². The Morgan fingerprint density at radius 3 is 2.72 bits per heavy atom. The first-order chi connectivity index (χ1) is 15.3. The number of halogens is 1. The van der Waals surface area contributed by atoms with E-state index in [1.54, 1.807) is 10.6 Å². The topological polar surface area (TPSA) is 50.5 Å². The van der Waals surface area contributed by atoms with Crippen molar-refractivity contribution >= 4 is 17.8 Å². The lowest BCUT2D eigenvalue weighted by atomic mass is 9.95. The Hall–Kier alpha value is -3.08. The molecule has 0 saturated carbocycles. The second-order valence-corrected chi connectivity index (χ2v) is 8.09. The fraction of sp³-hybridized carbons (Fsp3) is 0.400. The Morgan fingerprint density at radius 1 is 1.19 bits per heavy atom. The zero-order valence-electron chi connectivity index (χ0n) is 19.2. The number of nitrogens with zero attached hydrogens (tertiary/aromatic N) is 4. The van der Waals surface area contributed by atoms with E-state index in [9.17, 15) is 4.39 Å². The molecule has 1 heterocycles. The van der Waals surface area contributed by atoms with Crippen LogP contribution in [-0.2, 0) is 4.74 Å². The quantitative estimate of drug-likeness (QED) is 0.275. The zero-order valence-corrected chi connectivity index (χ0v) is 19.2. The third-order valence-corrected chi connectivity index (χ3v) is 5.12. The van der Waals surface area contributed by atoms with Crippen molar-refractivity contribution in [1.82, 2.24) is 14.9 Å². The van der Waals surface area contributed by atoms with E-state index < -0.39 is 0 Å². The molecule has 1 atom stereocenters. The average molecular weight is 438 g/mol. The Morgan fingerprint density at radius 2 is 2.00 bits per heavy atom. The van der Waals surface area contributed by atoms with Gasteiger partial charge in [0.25, 0.3) is 0 Å². The van der Waals surface area contributed by atoms with E-state index in [1.165, 1.54) is 17.7 Å². The fourth-order valence-corrected chi connectivity index (χ4v) is 3.18. The summed E-state index contributed by atoms with van der Waals surface area (Å²) in [6.07, 6.45) is 5.11. The van der Waals surface area contributed by atoms with Crippen LogP contribution in [0.5, 0.6) is 5.88 Å². The van der Waals surface area contributed by atoms with Gasteiger partial charge in [0.1, 0.15) is 32.8 Å². The van der Waals surface area contributed by atoms with Gasteiger partial charge in [0, 0.05) is 17.7 Å². The van der Waals surface area contributed by atoms with Crippen LogP contribution in [0.3, 0.4) is 0 Å². The molecular formula is C25H30FN4O2+. The van der Waals surface area contributed by atoms with Crippen LogP contribution in [0.15, 0.2) is 41.5 Å². The lowest BCUT2D eigenvalue weighted by molar-refractivity contribution is -0.491. The molecule has 0 saturated heterocycles. The molecule has 1 unspecified atom stereocenters. The average Bonchev–Trinajstić information content (AvgIpc) is 2.74. The summed E-state index contributed by atoms with van der Waals surface area (Å²) >= 11 is 0. The monoisotopic (exact) mass is 437 g/mol. The van der Waals surface area contributed by atoms with Crippen molar-refractivity contribution in [2.24, 2.45) is 0 Å². The molecule has 0 radical (unpaired) electrons. The molecule has 32 heavy (non-hydrogen) atoms. The summed E-state index contributed by atoms with van der Waals surface area (Å²) in [7, 11) is 6.01. The molecule has 0 fully saturated rings. The number of fused-ring (bicyclic) bond motifs is 1. The Kier molecular flexibility index (Phi) is 8.09. The van der Waals surface area contributed by atoms with Crippen molar-refractivity contribution < 1.29 is 18.4 Å². The molecule has 7 heteroatoms. The summed E-state index contributed by atoms with van der Waals surface area (Å²) in [4.78, 5) is 11.2. The standard InChI is InChI=1S/C25H30FN4O2/c1-18-16-21(30(4)5)9-6-19(18)7-10-23-25(32-15-14-31-13-12-29(2)3)28-22-11-8-20(26)17-24(22)27-23/h6,8-9,11,17,21H,2,12-16H2,1,3-5H3/q+1. The Labute approximate surface area is 189 Å². The van der Waals surface area contributed by atoms with E-state index in [4.69, 9.17) is 9.47 Å². The Bertz CT molecular complexity index is 1110. The second-order valence-electron chi connectivity index (χ2n) is 8.09. The number of benzene rings is 1. The van der Waals surface area contributed by atoms with Crippen molar-refractivity contribution in [2.45, 2.75) is 19.4 Å². The van der Waals surface area contributed by atoms with Crippen LogP contribution in [0, 0.1) is 17.7 Å². The third kappa shape index (κ3) is 6.46. The summed E-state index contributed by atoms with van der Waals surface area (Å²) < 4.78 is 26.9. The van der Waals surface area contributed by atoms with Gasteiger partial charge in [-0.2, -0.15) is 0 Å². The summed E-state index contributed by atoms with van der Waals surface area (Å²) in [5.74, 6) is 6.23. The van der Waals surface area contributed by atoms with E-state index in [0.29, 0.717) is 48.5 Å². The lowest BCUT2D eigenvalue weighted by Gasteiger charge is -2.24. The molecule has 0 bridgehead atoms. The van der Waals surface area contributed by atoms with Crippen LogP contribution in [0.25, 0.3) is 11.0 Å². The number of rotatable bonds is 8. The first-order valence-electron chi connectivity index (χ1n) is 10.6. The van der Waals surface area contributed by atoms with Crippen LogP contribution in [-0.4, -0.2) is 79.7 Å². The number of aromatic nitrogens is 2. The molecule has 168 valence electrons. The summed E-state index contributed by atoms with van der Waals surface area (Å²) in [6.45, 7) is 7.87. The van der Waals surface area contributed by atoms with E-state index in [0.717, 1.165) is 18.5 Å². The van der Waals surface area contributed by atoms with Gasteiger partial charge in [-0.05, 0) is 51.6 Å². The van der Waals surface area contributed by atoms with Crippen molar-refractivity contribution in [2.75, 3.05) is 47.5 Å². The SMILES string of the molecule is C=[N+](C)CCOCCOc1nc2ccc(F)cc2nc1C#CC1=C(C)CC(N(C)C)C=C1. The summed E-state index contributed by atoms with van der Waals surface area (Å²) in [6, 6.07) is 4.65. The number of allylic oxidation sites excluding steroid dienone is 2. The smallest absolute Gasteiger partial charge is 0.249 e. The van der Waals surface area contributed by atoms with Gasteiger partial charge in [-0.3, -0.25) is 0 Å². The second kappa shape index (κ2) is 11.0. The zero-order chi connectivity index (χ0) is 23.1. The molecule has 3 rings (SSSR count). The highest BCUT2D eigenvalue weighted by molar-refractivity contribution is 5.75. The Balaban J connectivity index is 1.81. The number of hydrogen-bond acceptors (Lipinski definition) is 5. The van der Waals surface area contributed by atoms with Crippen molar-refractivity contribution in [3.05, 3.63) is 53.0 Å². The predicted molar refractivity (Wildman–Crippen MR) is 125 cm³/mol. The number of hydrogen-bond donors (Lipinski definition) is 0. The minimum absolute atomic E-state index is 0.309. The highest BCUT2D eigenvalue weighted by Gasteiger charge is 2.15. The minimum atomic E-state index is -0.369. The highest BCUT2D eigenvalue weighted by Crippen LogP contribution is 2.22. The highest BCUT2D eigenvalue weighted by atomic mass is 19.1. The summed E-state index contributed by atoms with van der Waals surface area (Å²) in [5, 5.41) is 0. The van der Waals surface area contributed by atoms with Crippen molar-refractivity contribution in [1.29, 1.82) is 0 Å². The van der Waals surface area contributed by atoms with Crippen molar-refractivity contribution in [3.8, 4) is 17.7 Å². The van der Waals surface area contributed by atoms with Gasteiger partial charge in [0.15, 0.2) is 12.2 Å². The van der Waals surface area contributed by atoms with Gasteiger partial charge in [-0.25, -0.2) is 18.9 Å². The molecule has 0 N–H and O–H groups in total. The van der Waals surface area contributed by atoms with Crippen LogP contribution in [0.4, 0.5) is 4.39 Å². The maximum atomic E-state index is 13.7. The van der Waals surface area contributed by atoms with E-state index in [2.05, 4.69) is 60.5 Å². The molecule has 1 aromatic heterocycles. The maximum absolute atomic E-state index is 13.7. The molecule has 1 aromatic carbocycles. The molecule has 1 aliphatic carbocycles. The van der Waals surface area contributed by atoms with Gasteiger partial charge in [-0.15, -0.1) is 0 Å². The number of likely N-dealkylation sites (N-methyl/N-ethyl adjacent to an activating group) is 2. The molecule has 2 aromatic rings. The largest absolute Gasteiger partial charge is 0.473 e. The molecular weight excluding hydrogens is 407 g/mol. The molecule has 6 nitrogen and oxygen atoms in total. The van der Waals surface area contributed by atoms with E-state index >= 15 is 0 Å². The van der Waals surface area contributed by atoms with Crippen LogP contribution < -0.4 is 4.74 Å². The van der Waals surface area contributed by atoms with Crippen molar-refractivity contribution in [3.63, 3.8) is 0 Å². The first kappa shape index (κ1) is 23.6. The van der Waals surface area contributed by atoms with Gasteiger partial charge in [0.2, 0.25) is 5.88 Å². The van der Waals surface area contributed by atoms with Gasteiger partial charge < -0.3 is 14.4 Å². The fourth-order valence-electron chi connectivity index (χ4n) is 3.18. The van der Waals surface area contributed by atoms with Crippen LogP contribution >= 0.6 is 0 Å². The predicted octanol–water partition coefficient (Wildman–Crippen LogP) is 3.07. The number of ether oxygens (including phenoxy) is 2. The maximum Gasteiger partial charge on any atom is 0.249 e. The normalized spacial score (nSPS) is 15.8. The third-order valence-electron chi connectivity index (χ3n) is 5.12. The van der Waals surface area contributed by atoms with Crippen LogP contribution in [0.1, 0.15) is 19.0 Å². The minimum Gasteiger partial charge on any atom is -0.473 e. The molecule has 0 spiro atoms. The lowest BCUT2D eigenvalue weighted by Crippen LogP contribution is -2.27. The molecule has 1 aliphatic rings. The van der Waals surface area contributed by atoms with E-state index in [1.807, 2.05) is 13.1 Å². The first-order valence-corrected chi connectivity index (χ1v) is 10.6. The van der Waals surface area contributed by atoms with Gasteiger partial charge in [-0.1, -0.05) is 17.6 Å². The van der Waals surface area contributed by atoms with Crippen LogP contribution in [0.2, 0.25) is 0 Å². The van der Waals surface area contributed by atoms with E-state index in [-0.39, 0.29) is 5.82 Å². The molecule has 0 amide bonds. The molecule has 0 aliphatic heterocycles. The van der Waals surface area contributed by atoms with Gasteiger partial charge in [0.05, 0.1) is 17.6 Å². The summed E-state index contributed by atoms with van der Waals surface area (Å²) in [5.41, 5.74) is 3.53.